The van der Waals surface area contributed by atoms with Crippen LogP contribution in [-0.4, -0.2) is 66.5 Å². The maximum atomic E-state index is 9.86. The van der Waals surface area contributed by atoms with E-state index in [0.29, 0.717) is 25.6 Å². The van der Waals surface area contributed by atoms with Gasteiger partial charge in [0.1, 0.15) is 0 Å². The number of aliphatic hydroxyl groups is 1. The van der Waals surface area contributed by atoms with E-state index in [4.69, 9.17) is 4.74 Å². The maximum absolute atomic E-state index is 9.86. The number of hydrogen-bond acceptors (Lipinski definition) is 6. The smallest absolute Gasteiger partial charge is 0.224 e. The van der Waals surface area contributed by atoms with E-state index in [9.17, 15) is 5.11 Å². The van der Waals surface area contributed by atoms with Crippen LogP contribution in [0.5, 0.6) is 0 Å². The molecule has 1 atom stereocenters. The van der Waals surface area contributed by atoms with Crippen LogP contribution < -0.4 is 4.90 Å². The van der Waals surface area contributed by atoms with Crippen molar-refractivity contribution < 1.29 is 9.84 Å². The van der Waals surface area contributed by atoms with E-state index in [2.05, 4.69) is 9.97 Å². The zero-order valence-corrected chi connectivity index (χ0v) is 13.1. The molecule has 0 spiro atoms. The minimum absolute atomic E-state index is 0.141. The molecule has 0 amide bonds. The van der Waals surface area contributed by atoms with Crippen molar-refractivity contribution >= 4 is 5.95 Å². The summed E-state index contributed by atoms with van der Waals surface area (Å²) >= 11 is 0. The van der Waals surface area contributed by atoms with Crippen LogP contribution in [0.1, 0.15) is 19.4 Å². The highest BCUT2D eigenvalue weighted by molar-refractivity contribution is 5.26. The highest BCUT2D eigenvalue weighted by atomic mass is 16.5. The molecular weight excluding hydrogens is 256 g/mol. The summed E-state index contributed by atoms with van der Waals surface area (Å²) in [6, 6.07) is 0. The number of anilines is 1. The minimum atomic E-state index is -0.482. The number of rotatable bonds is 8. The Morgan fingerprint density at radius 1 is 1.20 bits per heavy atom. The minimum Gasteiger partial charge on any atom is -0.389 e. The number of aliphatic hydroxyl groups excluding tert-OH is 1. The van der Waals surface area contributed by atoms with Crippen molar-refractivity contribution in [3.05, 3.63) is 18.0 Å². The molecule has 1 aromatic rings. The predicted molar refractivity (Wildman–Crippen MR) is 79.8 cm³/mol. The molecule has 1 aromatic heterocycles. The van der Waals surface area contributed by atoms with Crippen molar-refractivity contribution in [1.29, 1.82) is 0 Å². The topological polar surface area (TPSA) is 61.7 Å². The van der Waals surface area contributed by atoms with Gasteiger partial charge in [-0.3, -0.25) is 4.90 Å². The summed E-state index contributed by atoms with van der Waals surface area (Å²) in [4.78, 5) is 12.4. The first-order chi connectivity index (χ1) is 9.38. The molecule has 0 aromatic carbocycles. The Bertz CT molecular complexity index is 381. The average Bonchev–Trinajstić information content (AvgIpc) is 2.36. The van der Waals surface area contributed by atoms with Gasteiger partial charge in [0.15, 0.2) is 0 Å². The summed E-state index contributed by atoms with van der Waals surface area (Å²) in [7, 11) is 5.77. The molecule has 0 bridgehead atoms. The van der Waals surface area contributed by atoms with Gasteiger partial charge in [-0.1, -0.05) is 0 Å². The van der Waals surface area contributed by atoms with E-state index in [0.717, 1.165) is 5.56 Å². The number of ether oxygens (including phenoxy) is 1. The number of aromatic nitrogens is 2. The van der Waals surface area contributed by atoms with E-state index >= 15 is 0 Å². The van der Waals surface area contributed by atoms with Gasteiger partial charge >= 0.3 is 0 Å². The lowest BCUT2D eigenvalue weighted by molar-refractivity contribution is -0.00636. The summed E-state index contributed by atoms with van der Waals surface area (Å²) in [6.45, 7) is 5.53. The lowest BCUT2D eigenvalue weighted by Gasteiger charge is -2.21. The molecule has 0 saturated heterocycles. The van der Waals surface area contributed by atoms with Crippen LogP contribution >= 0.6 is 0 Å². The van der Waals surface area contributed by atoms with Crippen molar-refractivity contribution in [2.24, 2.45) is 0 Å². The Morgan fingerprint density at radius 2 is 1.80 bits per heavy atom. The summed E-state index contributed by atoms with van der Waals surface area (Å²) in [5.41, 5.74) is 1.02. The van der Waals surface area contributed by atoms with Crippen molar-refractivity contribution in [2.75, 3.05) is 39.2 Å². The maximum Gasteiger partial charge on any atom is 0.224 e. The highest BCUT2D eigenvalue weighted by Crippen LogP contribution is 2.06. The third-order valence-electron chi connectivity index (χ3n) is 2.69. The Balaban J connectivity index is 2.39. The lowest BCUT2D eigenvalue weighted by Crippen LogP contribution is -2.32. The molecule has 0 aliphatic heterocycles. The van der Waals surface area contributed by atoms with Crippen LogP contribution in [0.2, 0.25) is 0 Å². The van der Waals surface area contributed by atoms with Crippen LogP contribution in [0.4, 0.5) is 5.95 Å². The fraction of sp³-hybridized carbons (Fsp3) is 0.714. The second kappa shape index (κ2) is 8.14. The first-order valence-electron chi connectivity index (χ1n) is 6.85. The Morgan fingerprint density at radius 3 is 2.30 bits per heavy atom. The molecule has 0 fully saturated rings. The van der Waals surface area contributed by atoms with E-state index < -0.39 is 6.10 Å². The van der Waals surface area contributed by atoms with Crippen molar-refractivity contribution in [3.63, 3.8) is 0 Å². The molecule has 1 heterocycles. The second-order valence-corrected chi connectivity index (χ2v) is 5.52. The molecule has 114 valence electrons. The summed E-state index contributed by atoms with van der Waals surface area (Å²) < 4.78 is 5.39. The fourth-order valence-corrected chi connectivity index (χ4v) is 1.75. The molecular formula is C14H26N4O2. The van der Waals surface area contributed by atoms with Gasteiger partial charge in [-0.2, -0.15) is 0 Å². The van der Waals surface area contributed by atoms with Crippen LogP contribution in [0, 0.1) is 0 Å². The third-order valence-corrected chi connectivity index (χ3v) is 2.69. The number of likely N-dealkylation sites (N-methyl/N-ethyl adjacent to an activating group) is 1. The average molecular weight is 282 g/mol. The first kappa shape index (κ1) is 16.8. The first-order valence-corrected chi connectivity index (χ1v) is 6.85. The van der Waals surface area contributed by atoms with E-state index in [1.165, 1.54) is 0 Å². The van der Waals surface area contributed by atoms with Gasteiger partial charge < -0.3 is 14.7 Å². The number of nitrogens with zero attached hydrogens (tertiary/aromatic N) is 4. The zero-order chi connectivity index (χ0) is 15.1. The van der Waals surface area contributed by atoms with Gasteiger partial charge in [0.25, 0.3) is 0 Å². The van der Waals surface area contributed by atoms with Crippen molar-refractivity contribution in [1.82, 2.24) is 14.9 Å². The quantitative estimate of drug-likeness (QED) is 0.759. The van der Waals surface area contributed by atoms with Gasteiger partial charge in [0.05, 0.1) is 18.8 Å². The van der Waals surface area contributed by atoms with Gasteiger partial charge in [0.2, 0.25) is 5.95 Å². The largest absolute Gasteiger partial charge is 0.389 e. The molecule has 1 N–H and O–H groups in total. The zero-order valence-electron chi connectivity index (χ0n) is 13.1. The monoisotopic (exact) mass is 282 g/mol. The molecule has 6 heteroatoms. The van der Waals surface area contributed by atoms with Crippen LogP contribution in [0.15, 0.2) is 12.4 Å². The van der Waals surface area contributed by atoms with Crippen LogP contribution in [0.3, 0.4) is 0 Å². The summed E-state index contributed by atoms with van der Waals surface area (Å²) in [5, 5.41) is 9.86. The van der Waals surface area contributed by atoms with Gasteiger partial charge in [-0.05, 0) is 20.9 Å². The Hall–Kier alpha value is -1.24. The predicted octanol–water partition coefficient (Wildman–Crippen LogP) is 0.760. The molecule has 0 radical (unpaired) electrons. The molecule has 0 aliphatic carbocycles. The standard InChI is InChI=1S/C14H26N4O2/c1-11(2)20-10-13(19)9-18(5)8-12-6-15-14(16-7-12)17(3)4/h6-7,11,13,19H,8-10H2,1-5H3. The van der Waals surface area contributed by atoms with E-state index in [1.807, 2.05) is 57.2 Å². The van der Waals surface area contributed by atoms with Crippen LogP contribution in [0.25, 0.3) is 0 Å². The summed E-state index contributed by atoms with van der Waals surface area (Å²) in [6.07, 6.45) is 3.29. The number of hydrogen-bond donors (Lipinski definition) is 1. The van der Waals surface area contributed by atoms with Gasteiger partial charge in [-0.15, -0.1) is 0 Å². The SMILES string of the molecule is CC(C)OCC(O)CN(C)Cc1cnc(N(C)C)nc1. The Labute approximate surface area is 121 Å². The van der Waals surface area contributed by atoms with Crippen molar-refractivity contribution in [3.8, 4) is 0 Å². The molecule has 1 unspecified atom stereocenters. The second-order valence-electron chi connectivity index (χ2n) is 5.52. The van der Waals surface area contributed by atoms with E-state index in [1.54, 1.807) is 0 Å². The van der Waals surface area contributed by atoms with Crippen molar-refractivity contribution in [2.45, 2.75) is 32.6 Å². The molecule has 0 saturated carbocycles. The summed E-state index contributed by atoms with van der Waals surface area (Å²) in [5.74, 6) is 0.696. The van der Waals surface area contributed by atoms with E-state index in [-0.39, 0.29) is 6.10 Å². The van der Waals surface area contributed by atoms with Crippen LogP contribution in [-0.2, 0) is 11.3 Å². The lowest BCUT2D eigenvalue weighted by atomic mass is 10.3. The van der Waals surface area contributed by atoms with Gasteiger partial charge in [-0.25, -0.2) is 9.97 Å². The molecule has 0 aliphatic rings. The normalized spacial score (nSPS) is 13.0. The highest BCUT2D eigenvalue weighted by Gasteiger charge is 2.10. The molecule has 1 rings (SSSR count). The van der Waals surface area contributed by atoms with Gasteiger partial charge in [0, 0.05) is 45.1 Å². The third kappa shape index (κ3) is 6.27. The molecule has 6 nitrogen and oxygen atoms in total. The molecule has 20 heavy (non-hydrogen) atoms. The Kier molecular flexibility index (Phi) is 6.84. The fourth-order valence-electron chi connectivity index (χ4n) is 1.75.